The van der Waals surface area contributed by atoms with Crippen LogP contribution < -0.4 is 4.74 Å². The van der Waals surface area contributed by atoms with E-state index in [-0.39, 0.29) is 6.10 Å². The molecule has 0 radical (unpaired) electrons. The van der Waals surface area contributed by atoms with Crippen LogP contribution in [0, 0.1) is 0 Å². The fraction of sp³-hybridized carbons (Fsp3) is 0.364. The van der Waals surface area contributed by atoms with Gasteiger partial charge in [0.25, 0.3) is 0 Å². The Labute approximate surface area is 88.7 Å². The second kappa shape index (κ2) is 5.36. The summed E-state index contributed by atoms with van der Waals surface area (Å²) < 4.78 is 5.02. The van der Waals surface area contributed by atoms with Gasteiger partial charge in [-0.2, -0.15) is 4.89 Å². The first-order valence-electron chi connectivity index (χ1n) is 4.66. The van der Waals surface area contributed by atoms with Crippen LogP contribution in [0.3, 0.4) is 0 Å². The van der Waals surface area contributed by atoms with Gasteiger partial charge in [0.15, 0.2) is 0 Å². The van der Waals surface area contributed by atoms with Gasteiger partial charge in [0.1, 0.15) is 11.3 Å². The minimum absolute atomic E-state index is 0.163. The summed E-state index contributed by atoms with van der Waals surface area (Å²) in [7, 11) is 1.50. The molecule has 15 heavy (non-hydrogen) atoms. The molecule has 0 aliphatic heterocycles. The summed E-state index contributed by atoms with van der Waals surface area (Å²) >= 11 is 0. The van der Waals surface area contributed by atoms with Crippen molar-refractivity contribution in [2.24, 2.45) is 0 Å². The second-order valence-electron chi connectivity index (χ2n) is 3.22. The first kappa shape index (κ1) is 11.5. The van der Waals surface area contributed by atoms with Gasteiger partial charge in [-0.15, -0.1) is 0 Å². The highest BCUT2D eigenvalue weighted by molar-refractivity contribution is 5.92. The van der Waals surface area contributed by atoms with Gasteiger partial charge in [0.2, 0.25) is 0 Å². The Morgan fingerprint density at radius 3 is 2.53 bits per heavy atom. The number of para-hydroxylation sites is 1. The second-order valence-corrected chi connectivity index (χ2v) is 3.22. The number of carbonyl (C=O) groups is 1. The highest BCUT2D eigenvalue weighted by Gasteiger charge is 2.14. The molecule has 1 aromatic carbocycles. The SMILES string of the molecule is COc1ccccc1C(=O)OOC(C)C. The number of ether oxygens (including phenoxy) is 1. The highest BCUT2D eigenvalue weighted by Crippen LogP contribution is 2.18. The number of hydrogen-bond acceptors (Lipinski definition) is 4. The molecule has 0 fully saturated rings. The molecule has 82 valence electrons. The van der Waals surface area contributed by atoms with Gasteiger partial charge in [-0.3, -0.25) is 4.89 Å². The van der Waals surface area contributed by atoms with Crippen molar-refractivity contribution in [3.63, 3.8) is 0 Å². The van der Waals surface area contributed by atoms with E-state index in [1.165, 1.54) is 7.11 Å². The third-order valence-corrected chi connectivity index (χ3v) is 1.64. The molecule has 0 amide bonds. The number of carbonyl (C=O) groups excluding carboxylic acids is 1. The van der Waals surface area contributed by atoms with Crippen molar-refractivity contribution in [2.45, 2.75) is 20.0 Å². The van der Waals surface area contributed by atoms with Crippen LogP contribution >= 0.6 is 0 Å². The summed E-state index contributed by atoms with van der Waals surface area (Å²) in [6.45, 7) is 3.55. The Balaban J connectivity index is 2.72. The first-order chi connectivity index (χ1) is 7.15. The van der Waals surface area contributed by atoms with Crippen molar-refractivity contribution in [1.82, 2.24) is 0 Å². The molecular formula is C11H14O4. The predicted octanol–water partition coefficient (Wildman–Crippen LogP) is 2.19. The summed E-state index contributed by atoms with van der Waals surface area (Å²) in [4.78, 5) is 20.9. The van der Waals surface area contributed by atoms with Crippen LogP contribution in [0.25, 0.3) is 0 Å². The van der Waals surface area contributed by atoms with E-state index >= 15 is 0 Å². The molecule has 0 unspecified atom stereocenters. The average molecular weight is 210 g/mol. The Hall–Kier alpha value is -1.55. The normalized spacial score (nSPS) is 10.1. The minimum atomic E-state index is -0.554. The van der Waals surface area contributed by atoms with Gasteiger partial charge < -0.3 is 4.74 Å². The van der Waals surface area contributed by atoms with Crippen LogP contribution in [0.5, 0.6) is 5.75 Å². The molecule has 4 nitrogen and oxygen atoms in total. The molecule has 0 heterocycles. The maximum atomic E-state index is 11.5. The molecule has 0 bridgehead atoms. The topological polar surface area (TPSA) is 44.8 Å². The Kier molecular flexibility index (Phi) is 4.12. The lowest BCUT2D eigenvalue weighted by Crippen LogP contribution is -2.11. The Morgan fingerprint density at radius 2 is 1.93 bits per heavy atom. The predicted molar refractivity (Wildman–Crippen MR) is 54.6 cm³/mol. The first-order valence-corrected chi connectivity index (χ1v) is 4.66. The van der Waals surface area contributed by atoms with Gasteiger partial charge in [-0.05, 0) is 26.0 Å². The van der Waals surface area contributed by atoms with Gasteiger partial charge >= 0.3 is 5.97 Å². The van der Waals surface area contributed by atoms with Gasteiger partial charge in [0, 0.05) is 0 Å². The molecule has 0 N–H and O–H groups in total. The van der Waals surface area contributed by atoms with E-state index in [2.05, 4.69) is 4.89 Å². The smallest absolute Gasteiger partial charge is 0.376 e. The monoisotopic (exact) mass is 210 g/mol. The van der Waals surface area contributed by atoms with Crippen LogP contribution in [0.1, 0.15) is 24.2 Å². The lowest BCUT2D eigenvalue weighted by molar-refractivity contribution is -0.265. The van der Waals surface area contributed by atoms with Crippen molar-refractivity contribution < 1.29 is 19.3 Å². The molecule has 0 aliphatic carbocycles. The third kappa shape index (κ3) is 3.25. The lowest BCUT2D eigenvalue weighted by Gasteiger charge is -2.08. The Morgan fingerprint density at radius 1 is 1.27 bits per heavy atom. The van der Waals surface area contributed by atoms with Crippen LogP contribution in [0.15, 0.2) is 24.3 Å². The maximum Gasteiger partial charge on any atom is 0.376 e. The molecule has 1 rings (SSSR count). The standard InChI is InChI=1S/C11H14O4/c1-8(2)14-15-11(12)9-6-4-5-7-10(9)13-3/h4-8H,1-3H3. The maximum absolute atomic E-state index is 11.5. The van der Waals surface area contributed by atoms with Gasteiger partial charge in [0.05, 0.1) is 13.2 Å². The molecule has 0 aromatic heterocycles. The van der Waals surface area contributed by atoms with Crippen molar-refractivity contribution in [3.05, 3.63) is 29.8 Å². The molecule has 0 atom stereocenters. The molecule has 4 heteroatoms. The van der Waals surface area contributed by atoms with E-state index in [9.17, 15) is 4.79 Å². The summed E-state index contributed by atoms with van der Waals surface area (Å²) in [6.07, 6.45) is -0.163. The van der Waals surface area contributed by atoms with Crippen LogP contribution in [-0.2, 0) is 9.78 Å². The molecule has 0 spiro atoms. The molecule has 0 aliphatic rings. The van der Waals surface area contributed by atoms with E-state index in [1.54, 1.807) is 38.1 Å². The largest absolute Gasteiger partial charge is 0.496 e. The van der Waals surface area contributed by atoms with Crippen molar-refractivity contribution in [1.29, 1.82) is 0 Å². The van der Waals surface area contributed by atoms with Crippen LogP contribution in [0.4, 0.5) is 0 Å². The summed E-state index contributed by atoms with van der Waals surface area (Å²) in [6, 6.07) is 6.81. The fourth-order valence-corrected chi connectivity index (χ4v) is 0.998. The van der Waals surface area contributed by atoms with Crippen molar-refractivity contribution in [2.75, 3.05) is 7.11 Å². The van der Waals surface area contributed by atoms with Crippen molar-refractivity contribution >= 4 is 5.97 Å². The zero-order valence-electron chi connectivity index (χ0n) is 9.02. The minimum Gasteiger partial charge on any atom is -0.496 e. The van der Waals surface area contributed by atoms with E-state index < -0.39 is 5.97 Å². The van der Waals surface area contributed by atoms with Gasteiger partial charge in [-0.25, -0.2) is 4.79 Å². The number of rotatable bonds is 4. The summed E-state index contributed by atoms with van der Waals surface area (Å²) in [5, 5.41) is 0. The summed E-state index contributed by atoms with van der Waals surface area (Å²) in [5.41, 5.74) is 0.348. The van der Waals surface area contributed by atoms with Crippen molar-refractivity contribution in [3.8, 4) is 5.75 Å². The van der Waals surface area contributed by atoms with Gasteiger partial charge in [-0.1, -0.05) is 12.1 Å². The van der Waals surface area contributed by atoms with E-state index in [1.807, 2.05) is 0 Å². The summed E-state index contributed by atoms with van der Waals surface area (Å²) in [5.74, 6) is -0.0870. The molecule has 0 saturated carbocycles. The zero-order valence-corrected chi connectivity index (χ0v) is 9.02. The highest BCUT2D eigenvalue weighted by atomic mass is 17.2. The fourth-order valence-electron chi connectivity index (χ4n) is 0.998. The quantitative estimate of drug-likeness (QED) is 0.564. The van der Waals surface area contributed by atoms with E-state index in [0.717, 1.165) is 0 Å². The average Bonchev–Trinajstić information content (AvgIpc) is 2.25. The third-order valence-electron chi connectivity index (χ3n) is 1.64. The lowest BCUT2D eigenvalue weighted by atomic mass is 10.2. The number of methoxy groups -OCH3 is 1. The van der Waals surface area contributed by atoms with Crippen LogP contribution in [0.2, 0.25) is 0 Å². The zero-order chi connectivity index (χ0) is 11.3. The molecule has 0 saturated heterocycles. The molecular weight excluding hydrogens is 196 g/mol. The number of hydrogen-bond donors (Lipinski definition) is 0. The number of benzene rings is 1. The van der Waals surface area contributed by atoms with E-state index in [0.29, 0.717) is 11.3 Å². The molecule has 1 aromatic rings. The van der Waals surface area contributed by atoms with Crippen LogP contribution in [-0.4, -0.2) is 19.2 Å². The Bertz CT molecular complexity index is 333. The van der Waals surface area contributed by atoms with E-state index in [4.69, 9.17) is 9.62 Å².